The molecule has 0 radical (unpaired) electrons. The average molecular weight is 259 g/mol. The van der Waals surface area contributed by atoms with Gasteiger partial charge in [0.1, 0.15) is 6.29 Å². The van der Waals surface area contributed by atoms with Gasteiger partial charge in [-0.15, -0.1) is 0 Å². The van der Waals surface area contributed by atoms with Crippen molar-refractivity contribution in [3.63, 3.8) is 0 Å². The SMILES string of the molecule is CC1(C)CCCCC1C(=O)Nc1ccc(C=O)cc1. The van der Waals surface area contributed by atoms with E-state index in [9.17, 15) is 9.59 Å². The molecule has 0 aromatic heterocycles. The van der Waals surface area contributed by atoms with Gasteiger partial charge < -0.3 is 5.32 Å². The first-order valence-corrected chi connectivity index (χ1v) is 6.89. The molecule has 1 aliphatic carbocycles. The van der Waals surface area contributed by atoms with Crippen LogP contribution in [0.2, 0.25) is 0 Å². The van der Waals surface area contributed by atoms with Crippen molar-refractivity contribution < 1.29 is 9.59 Å². The molecule has 3 nitrogen and oxygen atoms in total. The molecular weight excluding hydrogens is 238 g/mol. The number of hydrogen-bond donors (Lipinski definition) is 1. The van der Waals surface area contributed by atoms with Crippen LogP contribution in [0.1, 0.15) is 49.9 Å². The maximum absolute atomic E-state index is 12.4. The maximum atomic E-state index is 12.4. The second-order valence-corrected chi connectivity index (χ2v) is 6.02. The molecule has 19 heavy (non-hydrogen) atoms. The van der Waals surface area contributed by atoms with Crippen molar-refractivity contribution in [3.8, 4) is 0 Å². The fraction of sp³-hybridized carbons (Fsp3) is 0.500. The van der Waals surface area contributed by atoms with Gasteiger partial charge in [-0.3, -0.25) is 9.59 Å². The molecule has 1 fully saturated rings. The van der Waals surface area contributed by atoms with E-state index in [1.54, 1.807) is 24.3 Å². The van der Waals surface area contributed by atoms with Gasteiger partial charge in [-0.1, -0.05) is 26.7 Å². The van der Waals surface area contributed by atoms with Crippen LogP contribution < -0.4 is 5.32 Å². The number of amides is 1. The lowest BCUT2D eigenvalue weighted by Crippen LogP contribution is -2.37. The molecule has 0 aliphatic heterocycles. The van der Waals surface area contributed by atoms with E-state index in [0.717, 1.165) is 31.2 Å². The molecule has 1 aromatic carbocycles. The lowest BCUT2D eigenvalue weighted by atomic mass is 9.68. The molecule has 0 spiro atoms. The zero-order valence-electron chi connectivity index (χ0n) is 11.6. The van der Waals surface area contributed by atoms with E-state index < -0.39 is 0 Å². The lowest BCUT2D eigenvalue weighted by Gasteiger charge is -2.37. The van der Waals surface area contributed by atoms with E-state index in [-0.39, 0.29) is 17.2 Å². The van der Waals surface area contributed by atoms with E-state index in [1.807, 2.05) is 0 Å². The molecule has 1 saturated carbocycles. The van der Waals surface area contributed by atoms with Crippen molar-refractivity contribution in [2.24, 2.45) is 11.3 Å². The van der Waals surface area contributed by atoms with Crippen LogP contribution in [0.3, 0.4) is 0 Å². The molecule has 102 valence electrons. The van der Waals surface area contributed by atoms with Gasteiger partial charge in [0.25, 0.3) is 0 Å². The average Bonchev–Trinajstić information content (AvgIpc) is 2.39. The molecule has 0 heterocycles. The maximum Gasteiger partial charge on any atom is 0.228 e. The summed E-state index contributed by atoms with van der Waals surface area (Å²) in [5.41, 5.74) is 1.46. The normalized spacial score (nSPS) is 21.7. The van der Waals surface area contributed by atoms with Crippen molar-refractivity contribution in [3.05, 3.63) is 29.8 Å². The Morgan fingerprint density at radius 2 is 1.95 bits per heavy atom. The van der Waals surface area contributed by atoms with E-state index in [2.05, 4.69) is 19.2 Å². The van der Waals surface area contributed by atoms with Crippen molar-refractivity contribution in [1.29, 1.82) is 0 Å². The van der Waals surface area contributed by atoms with Crippen molar-refractivity contribution in [1.82, 2.24) is 0 Å². The van der Waals surface area contributed by atoms with Gasteiger partial charge in [-0.05, 0) is 42.5 Å². The smallest absolute Gasteiger partial charge is 0.228 e. The number of rotatable bonds is 3. The Kier molecular flexibility index (Phi) is 4.03. The van der Waals surface area contributed by atoms with Crippen molar-refractivity contribution >= 4 is 17.9 Å². The summed E-state index contributed by atoms with van der Waals surface area (Å²) in [5.74, 6) is 0.176. The third-order valence-electron chi connectivity index (χ3n) is 4.14. The van der Waals surface area contributed by atoms with E-state index >= 15 is 0 Å². The second kappa shape index (κ2) is 5.55. The number of benzene rings is 1. The second-order valence-electron chi connectivity index (χ2n) is 6.02. The fourth-order valence-corrected chi connectivity index (χ4v) is 2.85. The first kappa shape index (κ1) is 13.8. The van der Waals surface area contributed by atoms with Crippen LogP contribution in [-0.4, -0.2) is 12.2 Å². The summed E-state index contributed by atoms with van der Waals surface area (Å²) >= 11 is 0. The number of anilines is 1. The number of carbonyl (C=O) groups excluding carboxylic acids is 2. The minimum Gasteiger partial charge on any atom is -0.326 e. The summed E-state index contributed by atoms with van der Waals surface area (Å²) < 4.78 is 0. The summed E-state index contributed by atoms with van der Waals surface area (Å²) in [6.45, 7) is 4.35. The Hall–Kier alpha value is -1.64. The zero-order valence-corrected chi connectivity index (χ0v) is 11.6. The van der Waals surface area contributed by atoms with Crippen LogP contribution >= 0.6 is 0 Å². The highest BCUT2D eigenvalue weighted by Gasteiger charge is 2.36. The minimum atomic E-state index is 0.0745. The monoisotopic (exact) mass is 259 g/mol. The first-order valence-electron chi connectivity index (χ1n) is 6.89. The van der Waals surface area contributed by atoms with Crippen LogP contribution in [-0.2, 0) is 4.79 Å². The Balaban J connectivity index is 2.05. The Bertz CT molecular complexity index is 462. The van der Waals surface area contributed by atoms with Crippen LogP contribution in [0, 0.1) is 11.3 Å². The largest absolute Gasteiger partial charge is 0.326 e. The lowest BCUT2D eigenvalue weighted by molar-refractivity contribution is -0.124. The standard InChI is InChI=1S/C16H21NO2/c1-16(2)10-4-3-5-14(16)15(19)17-13-8-6-12(11-18)7-9-13/h6-9,11,14H,3-5,10H2,1-2H3,(H,17,19). The molecule has 2 rings (SSSR count). The predicted octanol–water partition coefficient (Wildman–Crippen LogP) is 3.65. The Labute approximate surface area is 114 Å². The molecule has 1 atom stereocenters. The van der Waals surface area contributed by atoms with Crippen LogP contribution in [0.15, 0.2) is 24.3 Å². The highest BCUT2D eigenvalue weighted by Crippen LogP contribution is 2.41. The molecule has 1 aromatic rings. The van der Waals surface area contributed by atoms with Crippen LogP contribution in [0.5, 0.6) is 0 Å². The summed E-state index contributed by atoms with van der Waals surface area (Å²) in [6, 6.07) is 6.98. The number of aldehydes is 1. The quantitative estimate of drug-likeness (QED) is 0.842. The Morgan fingerprint density at radius 3 is 2.53 bits per heavy atom. The molecular formula is C16H21NO2. The van der Waals surface area contributed by atoms with Crippen LogP contribution in [0.25, 0.3) is 0 Å². The fourth-order valence-electron chi connectivity index (χ4n) is 2.85. The number of carbonyl (C=O) groups is 2. The van der Waals surface area contributed by atoms with Gasteiger partial charge >= 0.3 is 0 Å². The Morgan fingerprint density at radius 1 is 1.26 bits per heavy atom. The summed E-state index contributed by atoms with van der Waals surface area (Å²) in [6.07, 6.45) is 5.21. The van der Waals surface area contributed by atoms with E-state index in [1.165, 1.54) is 6.42 Å². The van der Waals surface area contributed by atoms with Gasteiger partial charge in [-0.25, -0.2) is 0 Å². The summed E-state index contributed by atoms with van der Waals surface area (Å²) in [5, 5.41) is 2.96. The molecule has 0 saturated heterocycles. The third-order valence-corrected chi connectivity index (χ3v) is 4.14. The van der Waals surface area contributed by atoms with E-state index in [0.29, 0.717) is 5.56 Å². The molecule has 0 bridgehead atoms. The van der Waals surface area contributed by atoms with Crippen molar-refractivity contribution in [2.45, 2.75) is 39.5 Å². The zero-order chi connectivity index (χ0) is 13.9. The predicted molar refractivity (Wildman–Crippen MR) is 76.2 cm³/mol. The summed E-state index contributed by atoms with van der Waals surface area (Å²) in [7, 11) is 0. The van der Waals surface area contributed by atoms with Gasteiger partial charge in [-0.2, -0.15) is 0 Å². The van der Waals surface area contributed by atoms with E-state index in [4.69, 9.17) is 0 Å². The molecule has 1 aliphatic rings. The van der Waals surface area contributed by atoms with Crippen LogP contribution in [0.4, 0.5) is 5.69 Å². The first-order chi connectivity index (χ1) is 9.03. The third kappa shape index (κ3) is 3.22. The highest BCUT2D eigenvalue weighted by molar-refractivity contribution is 5.93. The van der Waals surface area contributed by atoms with Crippen molar-refractivity contribution in [2.75, 3.05) is 5.32 Å². The molecule has 3 heteroatoms. The van der Waals surface area contributed by atoms with Gasteiger partial charge in [0.2, 0.25) is 5.91 Å². The van der Waals surface area contributed by atoms with Gasteiger partial charge in [0.05, 0.1) is 0 Å². The number of hydrogen-bond acceptors (Lipinski definition) is 2. The highest BCUT2D eigenvalue weighted by atomic mass is 16.2. The molecule has 1 N–H and O–H groups in total. The minimum absolute atomic E-state index is 0.0745. The number of nitrogens with one attached hydrogen (secondary N) is 1. The topological polar surface area (TPSA) is 46.2 Å². The van der Waals surface area contributed by atoms with Gasteiger partial charge in [0, 0.05) is 17.2 Å². The van der Waals surface area contributed by atoms with Gasteiger partial charge in [0.15, 0.2) is 0 Å². The summed E-state index contributed by atoms with van der Waals surface area (Å²) in [4.78, 5) is 22.9. The molecule has 1 amide bonds. The molecule has 1 unspecified atom stereocenters.